The van der Waals surface area contributed by atoms with Gasteiger partial charge in [-0.3, -0.25) is 4.79 Å². The first-order valence-electron chi connectivity index (χ1n) is 5.58. The van der Waals surface area contributed by atoms with Crippen molar-refractivity contribution >= 4 is 11.7 Å². The van der Waals surface area contributed by atoms with Gasteiger partial charge in [-0.2, -0.15) is 0 Å². The predicted molar refractivity (Wildman–Crippen MR) is 64.7 cm³/mol. The van der Waals surface area contributed by atoms with Crippen molar-refractivity contribution in [2.45, 2.75) is 26.4 Å². The molecule has 3 N–H and O–H groups in total. The van der Waals surface area contributed by atoms with Crippen LogP contribution in [0.5, 0.6) is 0 Å². The third kappa shape index (κ3) is 5.26. The Hall–Kier alpha value is -1.69. The standard InChI is InChI=1S/C11H18N4O2/c1-8(2)17-7-3-6-13-10-5-4-9(11(12)16)14-15-10/h4-5,8H,3,6-7H2,1-2H3,(H2,12,16)(H,13,15). The molecule has 1 heterocycles. The molecular weight excluding hydrogens is 220 g/mol. The van der Waals surface area contributed by atoms with Crippen molar-refractivity contribution in [3.05, 3.63) is 17.8 Å². The van der Waals surface area contributed by atoms with Crippen LogP contribution in [0.3, 0.4) is 0 Å². The molecule has 0 saturated carbocycles. The zero-order chi connectivity index (χ0) is 12.7. The second-order valence-electron chi connectivity index (χ2n) is 3.87. The van der Waals surface area contributed by atoms with Crippen molar-refractivity contribution in [1.82, 2.24) is 10.2 Å². The Kier molecular flexibility index (Phi) is 5.35. The van der Waals surface area contributed by atoms with E-state index in [-0.39, 0.29) is 11.8 Å². The highest BCUT2D eigenvalue weighted by Gasteiger charge is 2.02. The molecule has 1 aromatic heterocycles. The molecule has 0 fully saturated rings. The molecule has 0 aliphatic rings. The van der Waals surface area contributed by atoms with Crippen LogP contribution < -0.4 is 11.1 Å². The van der Waals surface area contributed by atoms with Crippen LogP contribution in [-0.2, 0) is 4.74 Å². The maximum Gasteiger partial charge on any atom is 0.269 e. The number of carbonyl (C=O) groups excluding carboxylic acids is 1. The highest BCUT2D eigenvalue weighted by atomic mass is 16.5. The molecule has 0 aliphatic heterocycles. The molecule has 0 atom stereocenters. The summed E-state index contributed by atoms with van der Waals surface area (Å²) in [6, 6.07) is 3.22. The number of rotatable bonds is 7. The fourth-order valence-corrected chi connectivity index (χ4v) is 1.17. The topological polar surface area (TPSA) is 90.1 Å². The number of anilines is 1. The average Bonchev–Trinajstić information content (AvgIpc) is 2.29. The van der Waals surface area contributed by atoms with Crippen LogP contribution in [0, 0.1) is 0 Å². The molecule has 1 amide bonds. The zero-order valence-electron chi connectivity index (χ0n) is 10.1. The van der Waals surface area contributed by atoms with Crippen molar-refractivity contribution in [2.75, 3.05) is 18.5 Å². The van der Waals surface area contributed by atoms with Crippen molar-refractivity contribution in [3.63, 3.8) is 0 Å². The summed E-state index contributed by atoms with van der Waals surface area (Å²) in [5.41, 5.74) is 5.22. The number of primary amides is 1. The summed E-state index contributed by atoms with van der Waals surface area (Å²) in [4.78, 5) is 10.8. The molecule has 0 aliphatic carbocycles. The van der Waals surface area contributed by atoms with Crippen LogP contribution in [-0.4, -0.2) is 35.4 Å². The summed E-state index contributed by atoms with van der Waals surface area (Å²) in [6.07, 6.45) is 1.14. The van der Waals surface area contributed by atoms with Gasteiger partial charge in [-0.15, -0.1) is 10.2 Å². The number of carbonyl (C=O) groups is 1. The number of hydrogen-bond acceptors (Lipinski definition) is 5. The van der Waals surface area contributed by atoms with Crippen LogP contribution in [0.15, 0.2) is 12.1 Å². The maximum atomic E-state index is 10.8. The average molecular weight is 238 g/mol. The molecule has 6 heteroatoms. The van der Waals surface area contributed by atoms with Crippen molar-refractivity contribution < 1.29 is 9.53 Å². The Balaban J connectivity index is 2.25. The number of ether oxygens (including phenoxy) is 1. The van der Waals surface area contributed by atoms with Crippen LogP contribution in [0.4, 0.5) is 5.82 Å². The van der Waals surface area contributed by atoms with E-state index in [0.29, 0.717) is 12.4 Å². The van der Waals surface area contributed by atoms with Crippen LogP contribution in [0.1, 0.15) is 30.8 Å². The van der Waals surface area contributed by atoms with Crippen molar-refractivity contribution in [2.24, 2.45) is 5.73 Å². The molecule has 0 radical (unpaired) electrons. The van der Waals surface area contributed by atoms with E-state index >= 15 is 0 Å². The first-order valence-corrected chi connectivity index (χ1v) is 5.58. The Morgan fingerprint density at radius 3 is 2.76 bits per heavy atom. The molecule has 17 heavy (non-hydrogen) atoms. The summed E-state index contributed by atoms with van der Waals surface area (Å²) in [5, 5.41) is 10.6. The first kappa shape index (κ1) is 13.4. The molecule has 6 nitrogen and oxygen atoms in total. The van der Waals surface area contributed by atoms with E-state index in [9.17, 15) is 4.79 Å². The monoisotopic (exact) mass is 238 g/mol. The lowest BCUT2D eigenvalue weighted by molar-refractivity contribution is 0.0787. The van der Waals surface area contributed by atoms with Gasteiger partial charge in [0.15, 0.2) is 5.69 Å². The van der Waals surface area contributed by atoms with Gasteiger partial charge in [0.1, 0.15) is 5.82 Å². The second-order valence-corrected chi connectivity index (χ2v) is 3.87. The summed E-state index contributed by atoms with van der Waals surface area (Å²) < 4.78 is 5.39. The molecule has 0 aromatic carbocycles. The number of nitrogens with two attached hydrogens (primary N) is 1. The summed E-state index contributed by atoms with van der Waals surface area (Å²) >= 11 is 0. The van der Waals surface area contributed by atoms with Gasteiger partial charge in [0.05, 0.1) is 6.10 Å². The van der Waals surface area contributed by atoms with E-state index in [1.54, 1.807) is 12.1 Å². The smallest absolute Gasteiger partial charge is 0.269 e. The fourth-order valence-electron chi connectivity index (χ4n) is 1.17. The molecule has 1 aromatic rings. The third-order valence-corrected chi connectivity index (χ3v) is 2.00. The van der Waals surface area contributed by atoms with Gasteiger partial charge < -0.3 is 15.8 Å². The Labute approximate surface area is 101 Å². The normalized spacial score (nSPS) is 10.5. The lowest BCUT2D eigenvalue weighted by Gasteiger charge is -2.08. The lowest BCUT2D eigenvalue weighted by atomic mass is 10.3. The summed E-state index contributed by atoms with van der Waals surface area (Å²) in [6.45, 7) is 5.46. The number of amides is 1. The Bertz CT molecular complexity index is 351. The molecule has 0 bridgehead atoms. The van der Waals surface area contributed by atoms with Gasteiger partial charge >= 0.3 is 0 Å². The fraction of sp³-hybridized carbons (Fsp3) is 0.545. The first-order chi connectivity index (χ1) is 8.09. The molecule has 1 rings (SSSR count). The minimum absolute atomic E-state index is 0.165. The predicted octanol–water partition coefficient (Wildman–Crippen LogP) is 0.802. The molecule has 0 spiro atoms. The summed E-state index contributed by atoms with van der Waals surface area (Å²) in [7, 11) is 0. The van der Waals surface area contributed by atoms with Crippen molar-refractivity contribution in [3.8, 4) is 0 Å². The molecule has 0 unspecified atom stereocenters. The minimum Gasteiger partial charge on any atom is -0.379 e. The van der Waals surface area contributed by atoms with Crippen LogP contribution in [0.2, 0.25) is 0 Å². The molecule has 94 valence electrons. The minimum atomic E-state index is -0.575. The van der Waals surface area contributed by atoms with E-state index in [2.05, 4.69) is 15.5 Å². The molecular formula is C11H18N4O2. The van der Waals surface area contributed by atoms with Gasteiger partial charge in [-0.1, -0.05) is 0 Å². The Morgan fingerprint density at radius 1 is 1.47 bits per heavy atom. The second kappa shape index (κ2) is 6.80. The summed E-state index contributed by atoms with van der Waals surface area (Å²) in [5.74, 6) is 0.0499. The number of aromatic nitrogens is 2. The lowest BCUT2D eigenvalue weighted by Crippen LogP contribution is -2.15. The van der Waals surface area contributed by atoms with E-state index in [1.165, 1.54) is 0 Å². The number of nitrogens with zero attached hydrogens (tertiary/aromatic N) is 2. The van der Waals surface area contributed by atoms with E-state index in [1.807, 2.05) is 13.8 Å². The van der Waals surface area contributed by atoms with E-state index in [0.717, 1.165) is 13.0 Å². The van der Waals surface area contributed by atoms with Crippen molar-refractivity contribution in [1.29, 1.82) is 0 Å². The number of hydrogen-bond donors (Lipinski definition) is 2. The van der Waals surface area contributed by atoms with E-state index < -0.39 is 5.91 Å². The Morgan fingerprint density at radius 2 is 2.24 bits per heavy atom. The van der Waals surface area contributed by atoms with Gasteiger partial charge in [0, 0.05) is 13.2 Å². The van der Waals surface area contributed by atoms with Gasteiger partial charge in [0.25, 0.3) is 5.91 Å². The maximum absolute atomic E-state index is 10.8. The molecule has 0 saturated heterocycles. The largest absolute Gasteiger partial charge is 0.379 e. The SMILES string of the molecule is CC(C)OCCCNc1ccc(C(N)=O)nn1. The number of nitrogens with one attached hydrogen (secondary N) is 1. The zero-order valence-corrected chi connectivity index (χ0v) is 10.1. The highest BCUT2D eigenvalue weighted by molar-refractivity contribution is 5.90. The van der Waals surface area contributed by atoms with Crippen LogP contribution >= 0.6 is 0 Å². The quantitative estimate of drug-likeness (QED) is 0.686. The third-order valence-electron chi connectivity index (χ3n) is 2.00. The highest BCUT2D eigenvalue weighted by Crippen LogP contribution is 2.01. The van der Waals surface area contributed by atoms with Gasteiger partial charge in [-0.25, -0.2) is 0 Å². The van der Waals surface area contributed by atoms with Gasteiger partial charge in [-0.05, 0) is 32.4 Å². The van der Waals surface area contributed by atoms with E-state index in [4.69, 9.17) is 10.5 Å². The van der Waals surface area contributed by atoms with Gasteiger partial charge in [0.2, 0.25) is 0 Å². The van der Waals surface area contributed by atoms with Crippen LogP contribution in [0.25, 0.3) is 0 Å².